The molecule has 3 atom stereocenters. The second-order valence-electron chi connectivity index (χ2n) is 8.49. The van der Waals surface area contributed by atoms with Crippen LogP contribution in [-0.2, 0) is 18.0 Å². The number of nitrogens with two attached hydrogens (primary N) is 1. The zero-order valence-electron chi connectivity index (χ0n) is 18.7. The van der Waals surface area contributed by atoms with Gasteiger partial charge in [-0.3, -0.25) is 0 Å². The second kappa shape index (κ2) is 9.62. The molecule has 2 heterocycles. The molecule has 0 amide bonds. The third-order valence-corrected chi connectivity index (χ3v) is 6.20. The number of aliphatic hydroxyl groups excluding tert-OH is 1. The number of aromatic nitrogens is 4. The van der Waals surface area contributed by atoms with Crippen molar-refractivity contribution >= 4 is 17.1 Å². The van der Waals surface area contributed by atoms with Gasteiger partial charge < -0.3 is 24.9 Å². The number of nitrogen functional groups attached to an aromatic ring is 1. The van der Waals surface area contributed by atoms with Crippen molar-refractivity contribution in [2.45, 2.75) is 31.8 Å². The number of nitrogens with zero attached hydrogens (tertiary/aromatic N) is 4. The summed E-state index contributed by atoms with van der Waals surface area (Å²) in [5.74, 6) is 0.250. The van der Waals surface area contributed by atoms with Gasteiger partial charge in [0.25, 0.3) is 0 Å². The molecule has 5 rings (SSSR count). The fourth-order valence-electron chi connectivity index (χ4n) is 4.39. The lowest BCUT2D eigenvalue weighted by Gasteiger charge is -2.18. The van der Waals surface area contributed by atoms with E-state index in [0.717, 1.165) is 16.7 Å². The third-order valence-electron chi connectivity index (χ3n) is 6.20. The first-order valence-corrected chi connectivity index (χ1v) is 11.3. The molecule has 0 saturated heterocycles. The van der Waals surface area contributed by atoms with Crippen molar-refractivity contribution in [2.24, 2.45) is 5.92 Å². The molecule has 174 valence electrons. The Morgan fingerprint density at radius 2 is 1.68 bits per heavy atom. The number of hydrogen-bond acceptors (Lipinski definition) is 7. The summed E-state index contributed by atoms with van der Waals surface area (Å²) >= 11 is 0. The Bertz CT molecular complexity index is 1280. The Kier molecular flexibility index (Phi) is 6.24. The maximum absolute atomic E-state index is 10.8. The van der Waals surface area contributed by atoms with Crippen molar-refractivity contribution in [3.8, 4) is 5.88 Å². The van der Waals surface area contributed by atoms with Crippen LogP contribution in [0.25, 0.3) is 11.2 Å². The predicted molar refractivity (Wildman–Crippen MR) is 129 cm³/mol. The van der Waals surface area contributed by atoms with Crippen molar-refractivity contribution in [3.63, 3.8) is 0 Å². The van der Waals surface area contributed by atoms with Gasteiger partial charge in [-0.2, -0.15) is 9.97 Å². The van der Waals surface area contributed by atoms with E-state index in [2.05, 4.69) is 21.5 Å². The molecule has 3 N–H and O–H groups in total. The molecule has 8 heteroatoms. The van der Waals surface area contributed by atoms with Crippen LogP contribution in [0, 0.1) is 5.92 Å². The molecule has 0 bridgehead atoms. The van der Waals surface area contributed by atoms with Crippen LogP contribution in [0.2, 0.25) is 0 Å². The molecular weight excluding hydrogens is 430 g/mol. The van der Waals surface area contributed by atoms with Gasteiger partial charge in [-0.1, -0.05) is 67.2 Å². The topological polar surface area (TPSA) is 108 Å². The summed E-state index contributed by atoms with van der Waals surface area (Å²) in [6, 6.07) is 19.6. The number of hydrogen-bond donors (Lipinski definition) is 2. The zero-order valence-corrected chi connectivity index (χ0v) is 18.7. The lowest BCUT2D eigenvalue weighted by Crippen LogP contribution is -2.20. The van der Waals surface area contributed by atoms with Crippen LogP contribution < -0.4 is 10.5 Å². The fourth-order valence-corrected chi connectivity index (χ4v) is 4.39. The van der Waals surface area contributed by atoms with Crippen molar-refractivity contribution in [1.82, 2.24) is 19.5 Å². The third kappa shape index (κ3) is 4.50. The van der Waals surface area contributed by atoms with E-state index in [0.29, 0.717) is 43.3 Å². The summed E-state index contributed by atoms with van der Waals surface area (Å²) < 4.78 is 13.7. The van der Waals surface area contributed by atoms with Crippen LogP contribution in [-0.4, -0.2) is 37.3 Å². The number of rotatable bonds is 8. The molecule has 2 aromatic heterocycles. The van der Waals surface area contributed by atoms with Gasteiger partial charge in [0, 0.05) is 5.92 Å². The van der Waals surface area contributed by atoms with E-state index in [1.54, 1.807) is 6.33 Å². The molecule has 1 aliphatic carbocycles. The normalized spacial score (nSPS) is 20.1. The molecule has 1 aliphatic rings. The van der Waals surface area contributed by atoms with Gasteiger partial charge in [0.1, 0.15) is 6.61 Å². The molecule has 0 radical (unpaired) electrons. The first kappa shape index (κ1) is 22.1. The van der Waals surface area contributed by atoms with E-state index < -0.39 is 6.10 Å². The molecule has 1 saturated carbocycles. The quantitative estimate of drug-likeness (QED) is 0.389. The first-order chi connectivity index (χ1) is 16.6. The molecule has 34 heavy (non-hydrogen) atoms. The highest BCUT2D eigenvalue weighted by atomic mass is 16.5. The second-order valence-corrected chi connectivity index (χ2v) is 8.49. The molecule has 1 fully saturated rings. The maximum Gasteiger partial charge on any atom is 0.247 e. The summed E-state index contributed by atoms with van der Waals surface area (Å²) in [6.45, 7) is 5.50. The number of imidazole rings is 1. The predicted octanol–water partition coefficient (Wildman–Crippen LogP) is 3.68. The van der Waals surface area contributed by atoms with E-state index >= 15 is 0 Å². The summed E-state index contributed by atoms with van der Waals surface area (Å²) in [5, 5.41) is 10.8. The first-order valence-electron chi connectivity index (χ1n) is 11.3. The van der Waals surface area contributed by atoms with E-state index in [1.165, 1.54) is 0 Å². The number of benzene rings is 2. The van der Waals surface area contributed by atoms with Crippen LogP contribution in [0.3, 0.4) is 0 Å². The summed E-state index contributed by atoms with van der Waals surface area (Å²) in [6.07, 6.45) is 1.61. The van der Waals surface area contributed by atoms with Crippen LogP contribution >= 0.6 is 0 Å². The lowest BCUT2D eigenvalue weighted by molar-refractivity contribution is 0.0472. The number of aliphatic hydroxyl groups is 1. The number of ether oxygens (including phenoxy) is 2. The van der Waals surface area contributed by atoms with Gasteiger partial charge in [-0.05, 0) is 23.1 Å². The standard InChI is InChI=1S/C26H27N5O3/c1-17-20(15-33-13-18-8-4-2-5-9-18)22(32)12-21(17)31-16-28-23-24(31)29-26(27)30-25(23)34-14-19-10-6-3-7-11-19/h2-11,16,20-22,32H,1,12-15H2,(H2,27,29,30)/t20-,21-,22-/m0/s1. The molecular formula is C26H27N5O3. The van der Waals surface area contributed by atoms with Crippen molar-refractivity contribution in [2.75, 3.05) is 12.3 Å². The van der Waals surface area contributed by atoms with Crippen LogP contribution in [0.15, 0.2) is 79.1 Å². The smallest absolute Gasteiger partial charge is 0.247 e. The van der Waals surface area contributed by atoms with Gasteiger partial charge in [-0.15, -0.1) is 0 Å². The number of fused-ring (bicyclic) bond motifs is 1. The minimum Gasteiger partial charge on any atom is -0.471 e. The molecule has 0 spiro atoms. The minimum atomic E-state index is -0.571. The average molecular weight is 458 g/mol. The van der Waals surface area contributed by atoms with Gasteiger partial charge >= 0.3 is 0 Å². The Labute approximate surface area is 197 Å². The molecule has 4 aromatic rings. The van der Waals surface area contributed by atoms with Gasteiger partial charge in [0.15, 0.2) is 11.2 Å². The Morgan fingerprint density at radius 3 is 2.38 bits per heavy atom. The monoisotopic (exact) mass is 457 g/mol. The zero-order chi connectivity index (χ0) is 23.5. The SMILES string of the molecule is C=C1[C@H](COCc2ccccc2)[C@@H](O)C[C@@H]1n1cnc2c(OCc3ccccc3)nc(N)nc21. The largest absolute Gasteiger partial charge is 0.471 e. The van der Waals surface area contributed by atoms with Crippen molar-refractivity contribution in [1.29, 1.82) is 0 Å². The molecule has 8 nitrogen and oxygen atoms in total. The van der Waals surface area contributed by atoms with Crippen molar-refractivity contribution < 1.29 is 14.6 Å². The summed E-state index contributed by atoms with van der Waals surface area (Å²) in [5.41, 5.74) is 10.1. The van der Waals surface area contributed by atoms with Gasteiger partial charge in [0.2, 0.25) is 11.8 Å². The summed E-state index contributed by atoms with van der Waals surface area (Å²) in [7, 11) is 0. The van der Waals surface area contributed by atoms with E-state index in [9.17, 15) is 5.11 Å². The van der Waals surface area contributed by atoms with Gasteiger partial charge in [-0.25, -0.2) is 4.98 Å². The van der Waals surface area contributed by atoms with Crippen molar-refractivity contribution in [3.05, 3.63) is 90.3 Å². The van der Waals surface area contributed by atoms with E-state index in [1.807, 2.05) is 65.2 Å². The van der Waals surface area contributed by atoms with Crippen LogP contribution in [0.5, 0.6) is 5.88 Å². The molecule has 0 aliphatic heterocycles. The fraction of sp³-hybridized carbons (Fsp3) is 0.269. The Hall–Kier alpha value is -3.75. The lowest BCUT2D eigenvalue weighted by atomic mass is 10.0. The average Bonchev–Trinajstić information content (AvgIpc) is 3.39. The van der Waals surface area contributed by atoms with E-state index in [-0.39, 0.29) is 17.9 Å². The number of anilines is 1. The van der Waals surface area contributed by atoms with Gasteiger partial charge in [0.05, 0.1) is 31.7 Å². The minimum absolute atomic E-state index is 0.101. The van der Waals surface area contributed by atoms with Crippen LogP contribution in [0.4, 0.5) is 5.95 Å². The van der Waals surface area contributed by atoms with Crippen LogP contribution in [0.1, 0.15) is 23.6 Å². The highest BCUT2D eigenvalue weighted by Gasteiger charge is 2.38. The van der Waals surface area contributed by atoms with E-state index in [4.69, 9.17) is 15.2 Å². The molecule has 0 unspecified atom stereocenters. The Balaban J connectivity index is 1.32. The summed E-state index contributed by atoms with van der Waals surface area (Å²) in [4.78, 5) is 13.2. The highest BCUT2D eigenvalue weighted by Crippen LogP contribution is 2.41. The highest BCUT2D eigenvalue weighted by molar-refractivity contribution is 5.77. The Morgan fingerprint density at radius 1 is 1.00 bits per heavy atom. The molecule has 2 aromatic carbocycles. The maximum atomic E-state index is 10.8.